The molecule has 3 aromatic carbocycles. The van der Waals surface area contributed by atoms with Crippen molar-refractivity contribution in [1.29, 1.82) is 0 Å². The molecule has 1 atom stereocenters. The molecule has 0 radical (unpaired) electrons. The van der Waals surface area contributed by atoms with Gasteiger partial charge < -0.3 is 14.8 Å². The SMILES string of the molecule is COc1ccc(CN2C(=O)C3Oc4ccccc4C3=[N+](CC(=O)Nc3c(C)cc(C)cc3C)C2=O)cc1. The number of aryl methyl sites for hydroxylation is 3. The molecule has 3 aromatic rings. The molecule has 2 aliphatic heterocycles. The minimum atomic E-state index is -1.01. The van der Waals surface area contributed by atoms with Crippen LogP contribution in [0.3, 0.4) is 0 Å². The molecule has 0 aliphatic carbocycles. The summed E-state index contributed by atoms with van der Waals surface area (Å²) < 4.78 is 12.5. The van der Waals surface area contributed by atoms with Gasteiger partial charge >= 0.3 is 11.9 Å². The molecule has 0 fully saturated rings. The lowest BCUT2D eigenvalue weighted by atomic mass is 10.0. The van der Waals surface area contributed by atoms with Gasteiger partial charge in [-0.1, -0.05) is 42.0 Å². The largest absolute Gasteiger partial charge is 0.501 e. The third-order valence-electron chi connectivity index (χ3n) is 6.64. The van der Waals surface area contributed by atoms with E-state index in [1.807, 2.05) is 39.0 Å². The van der Waals surface area contributed by atoms with E-state index in [1.165, 1.54) is 4.58 Å². The van der Waals surface area contributed by atoms with Gasteiger partial charge in [0.05, 0.1) is 12.7 Å². The van der Waals surface area contributed by atoms with Crippen molar-refractivity contribution in [2.24, 2.45) is 0 Å². The number of benzene rings is 3. The summed E-state index contributed by atoms with van der Waals surface area (Å²) in [7, 11) is 1.57. The van der Waals surface area contributed by atoms with Crippen LogP contribution in [0, 0.1) is 20.8 Å². The van der Waals surface area contributed by atoms with E-state index in [2.05, 4.69) is 5.32 Å². The van der Waals surface area contributed by atoms with Crippen LogP contribution in [0.4, 0.5) is 10.5 Å². The zero-order valence-corrected chi connectivity index (χ0v) is 21.2. The van der Waals surface area contributed by atoms with Crippen LogP contribution in [0.5, 0.6) is 11.5 Å². The zero-order chi connectivity index (χ0) is 26.3. The van der Waals surface area contributed by atoms with Gasteiger partial charge in [-0.15, -0.1) is 0 Å². The van der Waals surface area contributed by atoms with Crippen LogP contribution >= 0.6 is 0 Å². The summed E-state index contributed by atoms with van der Waals surface area (Å²) in [6, 6.07) is 17.7. The van der Waals surface area contributed by atoms with Crippen LogP contribution in [-0.4, -0.2) is 52.8 Å². The molecule has 0 bridgehead atoms. The standard InChI is InChI=1S/C29H27N3O5/c1-17-13-18(2)25(19(3)14-17)30-24(33)16-31-26-22-7-5-6-8-23(22)37-27(26)28(34)32(29(31)35)15-20-9-11-21(36-4)12-10-20/h5-14,27H,15-16H2,1-4H3/p+1. The number of nitrogens with zero attached hydrogens (tertiary/aromatic N) is 2. The van der Waals surface area contributed by atoms with E-state index in [0.717, 1.165) is 32.8 Å². The average molecular weight is 499 g/mol. The van der Waals surface area contributed by atoms with E-state index in [-0.39, 0.29) is 19.0 Å². The molecule has 0 saturated heterocycles. The first-order valence-electron chi connectivity index (χ1n) is 12.0. The molecule has 0 aromatic heterocycles. The van der Waals surface area contributed by atoms with Gasteiger partial charge in [0.15, 0.2) is 12.3 Å². The van der Waals surface area contributed by atoms with Crippen LogP contribution in [-0.2, 0) is 16.1 Å². The van der Waals surface area contributed by atoms with Gasteiger partial charge in [-0.05, 0) is 61.7 Å². The van der Waals surface area contributed by atoms with Gasteiger partial charge in [0.1, 0.15) is 18.0 Å². The number of carbonyl (C=O) groups excluding carboxylic acids is 3. The molecular weight excluding hydrogens is 470 g/mol. The Labute approximate surface area is 215 Å². The van der Waals surface area contributed by atoms with E-state index in [9.17, 15) is 14.4 Å². The number of amides is 4. The van der Waals surface area contributed by atoms with Gasteiger partial charge in [-0.2, -0.15) is 14.3 Å². The Bertz CT molecular complexity index is 1440. The smallest absolute Gasteiger partial charge is 0.497 e. The van der Waals surface area contributed by atoms with Gasteiger partial charge in [0, 0.05) is 5.69 Å². The molecule has 1 N–H and O–H groups in total. The number of fused-ring (bicyclic) bond motifs is 3. The number of imide groups is 1. The second-order valence-corrected chi connectivity index (χ2v) is 9.34. The quantitative estimate of drug-likeness (QED) is 0.520. The minimum Gasteiger partial charge on any atom is -0.497 e. The first-order chi connectivity index (χ1) is 17.8. The fourth-order valence-electron chi connectivity index (χ4n) is 4.96. The van der Waals surface area contributed by atoms with Crippen molar-refractivity contribution >= 4 is 29.2 Å². The number of nitrogens with one attached hydrogen (secondary N) is 1. The highest BCUT2D eigenvalue weighted by molar-refractivity contribution is 6.22. The predicted molar refractivity (Wildman–Crippen MR) is 138 cm³/mol. The third-order valence-corrected chi connectivity index (χ3v) is 6.64. The first-order valence-corrected chi connectivity index (χ1v) is 12.0. The van der Waals surface area contributed by atoms with Crippen LogP contribution in [0.1, 0.15) is 27.8 Å². The number of anilines is 1. The van der Waals surface area contributed by atoms with E-state index in [1.54, 1.807) is 49.6 Å². The molecule has 2 aliphatic rings. The molecule has 188 valence electrons. The summed E-state index contributed by atoms with van der Waals surface area (Å²) in [5, 5.41) is 2.96. The Morgan fingerprint density at radius 3 is 2.38 bits per heavy atom. The predicted octanol–water partition coefficient (Wildman–Crippen LogP) is 3.98. The molecule has 37 heavy (non-hydrogen) atoms. The Kier molecular flexibility index (Phi) is 6.25. The van der Waals surface area contributed by atoms with Crippen molar-refractivity contribution in [2.45, 2.75) is 33.4 Å². The molecule has 2 heterocycles. The molecule has 0 saturated carbocycles. The lowest BCUT2D eigenvalue weighted by Crippen LogP contribution is -2.58. The number of methoxy groups -OCH3 is 1. The van der Waals surface area contributed by atoms with Crippen molar-refractivity contribution in [3.8, 4) is 11.5 Å². The summed E-state index contributed by atoms with van der Waals surface area (Å²) in [6.07, 6.45) is -1.01. The highest BCUT2D eigenvalue weighted by Crippen LogP contribution is 2.32. The molecule has 5 rings (SSSR count). The number of carbonyl (C=O) groups is 3. The molecule has 1 unspecified atom stereocenters. The molecule has 8 heteroatoms. The lowest BCUT2D eigenvalue weighted by Gasteiger charge is -2.24. The first kappa shape index (κ1) is 24.2. The van der Waals surface area contributed by atoms with Crippen molar-refractivity contribution in [3.05, 3.63) is 88.5 Å². The van der Waals surface area contributed by atoms with Crippen molar-refractivity contribution in [1.82, 2.24) is 4.90 Å². The number of ether oxygens (including phenoxy) is 2. The number of hydrogen-bond acceptors (Lipinski definition) is 5. The maximum Gasteiger partial charge on any atom is 0.501 e. The topological polar surface area (TPSA) is 87.9 Å². The molecule has 4 amide bonds. The van der Waals surface area contributed by atoms with E-state index >= 15 is 0 Å². The van der Waals surface area contributed by atoms with Crippen molar-refractivity contribution in [3.63, 3.8) is 0 Å². The van der Waals surface area contributed by atoms with Crippen LogP contribution in [0.25, 0.3) is 0 Å². The van der Waals surface area contributed by atoms with Crippen LogP contribution in [0.2, 0.25) is 0 Å². The molecular formula is C29H28N3O5+. The fraction of sp³-hybridized carbons (Fsp3) is 0.241. The number of rotatable bonds is 6. The zero-order valence-electron chi connectivity index (χ0n) is 21.2. The second-order valence-electron chi connectivity index (χ2n) is 9.34. The Morgan fingerprint density at radius 2 is 1.70 bits per heavy atom. The van der Waals surface area contributed by atoms with Gasteiger partial charge in [-0.3, -0.25) is 4.79 Å². The second kappa shape index (κ2) is 9.54. The van der Waals surface area contributed by atoms with Crippen LogP contribution < -0.4 is 14.8 Å². The number of para-hydroxylation sites is 1. The third kappa shape index (κ3) is 4.46. The van der Waals surface area contributed by atoms with Crippen molar-refractivity contribution < 1.29 is 28.4 Å². The normalized spacial score (nSPS) is 16.3. The Hall–Kier alpha value is -4.46. The van der Waals surface area contributed by atoms with Gasteiger partial charge in [0.25, 0.3) is 12.0 Å². The Balaban J connectivity index is 1.50. The van der Waals surface area contributed by atoms with E-state index < -0.39 is 18.0 Å². The lowest BCUT2D eigenvalue weighted by molar-refractivity contribution is -0.428. The maximum absolute atomic E-state index is 13.7. The van der Waals surface area contributed by atoms with Crippen molar-refractivity contribution in [2.75, 3.05) is 19.0 Å². The van der Waals surface area contributed by atoms with Gasteiger partial charge in [0.2, 0.25) is 0 Å². The maximum atomic E-state index is 13.7. The van der Waals surface area contributed by atoms with Crippen LogP contribution in [0.15, 0.2) is 60.7 Å². The summed E-state index contributed by atoms with van der Waals surface area (Å²) in [5.74, 6) is 0.350. The highest BCUT2D eigenvalue weighted by Gasteiger charge is 2.54. The molecule has 8 nitrogen and oxygen atoms in total. The highest BCUT2D eigenvalue weighted by atomic mass is 16.5. The minimum absolute atomic E-state index is 0.0411. The average Bonchev–Trinajstić information content (AvgIpc) is 3.27. The summed E-state index contributed by atoms with van der Waals surface area (Å²) in [5.41, 5.74) is 5.47. The summed E-state index contributed by atoms with van der Waals surface area (Å²) >= 11 is 0. The summed E-state index contributed by atoms with van der Waals surface area (Å²) in [4.78, 5) is 41.6. The summed E-state index contributed by atoms with van der Waals surface area (Å²) in [6.45, 7) is 5.65. The number of hydrogen-bond donors (Lipinski definition) is 1. The van der Waals surface area contributed by atoms with E-state index in [4.69, 9.17) is 9.47 Å². The van der Waals surface area contributed by atoms with E-state index in [0.29, 0.717) is 22.8 Å². The molecule has 0 spiro atoms. The monoisotopic (exact) mass is 498 g/mol. The fourth-order valence-corrected chi connectivity index (χ4v) is 4.96. The number of urea groups is 1. The Morgan fingerprint density at radius 1 is 1.03 bits per heavy atom. The van der Waals surface area contributed by atoms with Gasteiger partial charge in [-0.25, -0.2) is 4.79 Å².